The number of nitrogen functional groups attached to an aromatic ring is 1. The van der Waals surface area contributed by atoms with Gasteiger partial charge < -0.3 is 20.3 Å². The third-order valence-corrected chi connectivity index (χ3v) is 6.48. The summed E-state index contributed by atoms with van der Waals surface area (Å²) in [5, 5.41) is 5.61. The lowest BCUT2D eigenvalue weighted by Crippen LogP contribution is -2.40. The topological polar surface area (TPSA) is 102 Å². The first-order valence-corrected chi connectivity index (χ1v) is 12.5. The molecule has 2 N–H and O–H groups in total. The Morgan fingerprint density at radius 3 is 2.55 bits per heavy atom. The second-order valence-electron chi connectivity index (χ2n) is 9.58. The number of benzene rings is 2. The summed E-state index contributed by atoms with van der Waals surface area (Å²) in [4.78, 5) is 25.4. The fraction of sp³-hybridized carbons (Fsp3) is 0.286. The van der Waals surface area contributed by atoms with Gasteiger partial charge >= 0.3 is 0 Å². The van der Waals surface area contributed by atoms with Crippen molar-refractivity contribution in [2.45, 2.75) is 18.9 Å². The standard InChI is InChI=1S/C28H30FN7O2/c1-34(2)15-4-6-24(37)35-16-3-5-21(17-35)36-28-25(27(30)31-18-32-28)26(33-36)19-7-11-22(12-8-19)38-23-13-9-20(29)10-14-23/h4,6-14,18,21H,3,5,15-17H2,1-2H3,(H2,30,31,32)/b6-4+/t21-/m0/s1. The van der Waals surface area contributed by atoms with Crippen molar-refractivity contribution in [1.82, 2.24) is 29.5 Å². The highest BCUT2D eigenvalue weighted by Gasteiger charge is 2.28. The van der Waals surface area contributed by atoms with Crippen molar-refractivity contribution in [3.63, 3.8) is 0 Å². The van der Waals surface area contributed by atoms with E-state index >= 15 is 0 Å². The summed E-state index contributed by atoms with van der Waals surface area (Å²) in [6.07, 6.45) is 6.70. The Labute approximate surface area is 220 Å². The van der Waals surface area contributed by atoms with Crippen LogP contribution in [0.4, 0.5) is 10.2 Å². The van der Waals surface area contributed by atoms with Gasteiger partial charge in [0.05, 0.1) is 11.4 Å². The van der Waals surface area contributed by atoms with Crippen LogP contribution in [0.1, 0.15) is 18.9 Å². The fourth-order valence-electron chi connectivity index (χ4n) is 4.60. The third-order valence-electron chi connectivity index (χ3n) is 6.48. The van der Waals surface area contributed by atoms with E-state index in [0.717, 1.165) is 18.4 Å². The Morgan fingerprint density at radius 2 is 1.84 bits per heavy atom. The number of likely N-dealkylation sites (N-methyl/N-ethyl adjacent to an activating group) is 1. The number of rotatable bonds is 7. The Bertz CT molecular complexity index is 1450. The van der Waals surface area contributed by atoms with Crippen LogP contribution in [0.15, 0.2) is 67.0 Å². The van der Waals surface area contributed by atoms with Gasteiger partial charge in [-0.15, -0.1) is 0 Å². The number of ether oxygens (including phenoxy) is 1. The molecule has 0 saturated carbocycles. The number of piperidine rings is 1. The number of amides is 1. The van der Waals surface area contributed by atoms with Crippen molar-refractivity contribution in [1.29, 1.82) is 0 Å². The number of hydrogen-bond donors (Lipinski definition) is 1. The molecule has 9 nitrogen and oxygen atoms in total. The van der Waals surface area contributed by atoms with Gasteiger partial charge in [-0.2, -0.15) is 5.10 Å². The van der Waals surface area contributed by atoms with Crippen LogP contribution < -0.4 is 10.5 Å². The summed E-state index contributed by atoms with van der Waals surface area (Å²) in [6.45, 7) is 1.95. The van der Waals surface area contributed by atoms with E-state index in [1.165, 1.54) is 18.5 Å². The molecule has 3 heterocycles. The molecule has 1 atom stereocenters. The molecule has 38 heavy (non-hydrogen) atoms. The molecule has 0 radical (unpaired) electrons. The molecule has 1 saturated heterocycles. The Morgan fingerprint density at radius 1 is 1.13 bits per heavy atom. The number of fused-ring (bicyclic) bond motifs is 1. The summed E-state index contributed by atoms with van der Waals surface area (Å²) in [5.41, 5.74) is 8.44. The van der Waals surface area contributed by atoms with E-state index in [4.69, 9.17) is 15.6 Å². The molecule has 2 aromatic carbocycles. The predicted molar refractivity (Wildman–Crippen MR) is 144 cm³/mol. The lowest BCUT2D eigenvalue weighted by molar-refractivity contribution is -0.127. The largest absolute Gasteiger partial charge is 0.457 e. The quantitative estimate of drug-likeness (QED) is 0.366. The van der Waals surface area contributed by atoms with E-state index < -0.39 is 0 Å². The fourth-order valence-corrected chi connectivity index (χ4v) is 4.60. The van der Waals surface area contributed by atoms with Crippen LogP contribution in [-0.2, 0) is 4.79 Å². The number of likely N-dealkylation sites (tertiary alicyclic amines) is 1. The summed E-state index contributed by atoms with van der Waals surface area (Å²) in [7, 11) is 3.93. The highest BCUT2D eigenvalue weighted by atomic mass is 19.1. The maximum atomic E-state index is 13.2. The van der Waals surface area contributed by atoms with Gasteiger partial charge in [-0.05, 0) is 75.5 Å². The first-order chi connectivity index (χ1) is 18.4. The number of aromatic nitrogens is 4. The van der Waals surface area contributed by atoms with E-state index in [0.29, 0.717) is 53.7 Å². The molecule has 5 rings (SSSR count). The minimum absolute atomic E-state index is 0.000817. The first-order valence-electron chi connectivity index (χ1n) is 12.5. The smallest absolute Gasteiger partial charge is 0.246 e. The van der Waals surface area contributed by atoms with Crippen LogP contribution in [0.3, 0.4) is 0 Å². The number of hydrogen-bond acceptors (Lipinski definition) is 7. The summed E-state index contributed by atoms with van der Waals surface area (Å²) in [6, 6.07) is 13.3. The molecule has 10 heteroatoms. The zero-order valence-electron chi connectivity index (χ0n) is 21.4. The van der Waals surface area contributed by atoms with Gasteiger partial charge in [-0.3, -0.25) is 4.79 Å². The molecule has 1 aliphatic heterocycles. The lowest BCUT2D eigenvalue weighted by Gasteiger charge is -2.32. The molecule has 0 bridgehead atoms. The molecule has 0 unspecified atom stereocenters. The molecule has 2 aromatic heterocycles. The number of nitrogens with zero attached hydrogens (tertiary/aromatic N) is 6. The van der Waals surface area contributed by atoms with Crippen molar-refractivity contribution in [3.8, 4) is 22.8 Å². The molecular weight excluding hydrogens is 485 g/mol. The summed E-state index contributed by atoms with van der Waals surface area (Å²) < 4.78 is 20.9. The number of nitrogens with two attached hydrogens (primary N) is 1. The predicted octanol–water partition coefficient (Wildman–Crippen LogP) is 4.29. The molecule has 1 amide bonds. The van der Waals surface area contributed by atoms with Crippen molar-refractivity contribution < 1.29 is 13.9 Å². The Kier molecular flexibility index (Phi) is 7.32. The molecule has 196 valence electrons. The van der Waals surface area contributed by atoms with Gasteiger partial charge in [0.25, 0.3) is 0 Å². The van der Waals surface area contributed by atoms with Gasteiger partial charge in [-0.25, -0.2) is 19.0 Å². The highest BCUT2D eigenvalue weighted by Crippen LogP contribution is 2.35. The maximum absolute atomic E-state index is 13.2. The average Bonchev–Trinajstić information content (AvgIpc) is 3.31. The average molecular weight is 516 g/mol. The number of carbonyl (C=O) groups excluding carboxylic acids is 1. The number of halogens is 1. The number of anilines is 1. The minimum atomic E-state index is -0.318. The second-order valence-corrected chi connectivity index (χ2v) is 9.58. The van der Waals surface area contributed by atoms with Gasteiger partial charge in [0.1, 0.15) is 35.2 Å². The van der Waals surface area contributed by atoms with Gasteiger partial charge in [0.15, 0.2) is 5.65 Å². The van der Waals surface area contributed by atoms with E-state index in [9.17, 15) is 9.18 Å². The first kappa shape index (κ1) is 25.3. The molecule has 0 aliphatic carbocycles. The molecule has 1 fully saturated rings. The van der Waals surface area contributed by atoms with E-state index in [2.05, 4.69) is 9.97 Å². The van der Waals surface area contributed by atoms with Crippen molar-refractivity contribution in [2.24, 2.45) is 0 Å². The van der Waals surface area contributed by atoms with E-state index in [-0.39, 0.29) is 17.8 Å². The highest BCUT2D eigenvalue weighted by molar-refractivity contribution is 5.98. The Balaban J connectivity index is 1.41. The van der Waals surface area contributed by atoms with Gasteiger partial charge in [-0.1, -0.05) is 6.08 Å². The van der Waals surface area contributed by atoms with Crippen molar-refractivity contribution in [2.75, 3.05) is 39.5 Å². The Hall–Kier alpha value is -4.31. The van der Waals surface area contributed by atoms with Crippen LogP contribution in [-0.4, -0.2) is 69.2 Å². The maximum Gasteiger partial charge on any atom is 0.246 e. The van der Waals surface area contributed by atoms with Crippen LogP contribution in [0.2, 0.25) is 0 Å². The summed E-state index contributed by atoms with van der Waals surface area (Å²) in [5.74, 6) is 1.18. The van der Waals surface area contributed by atoms with Gasteiger partial charge in [0, 0.05) is 31.3 Å². The van der Waals surface area contributed by atoms with E-state index in [1.54, 1.807) is 18.2 Å². The van der Waals surface area contributed by atoms with Crippen LogP contribution in [0.5, 0.6) is 11.5 Å². The van der Waals surface area contributed by atoms with Crippen LogP contribution >= 0.6 is 0 Å². The molecular formula is C28H30FN7O2. The monoisotopic (exact) mass is 515 g/mol. The minimum Gasteiger partial charge on any atom is -0.457 e. The van der Waals surface area contributed by atoms with Gasteiger partial charge in [0.2, 0.25) is 5.91 Å². The molecule has 1 aliphatic rings. The van der Waals surface area contributed by atoms with Crippen molar-refractivity contribution in [3.05, 3.63) is 72.8 Å². The third kappa shape index (κ3) is 5.50. The lowest BCUT2D eigenvalue weighted by atomic mass is 10.1. The van der Waals surface area contributed by atoms with Crippen molar-refractivity contribution >= 4 is 22.8 Å². The van der Waals surface area contributed by atoms with Crippen LogP contribution in [0.25, 0.3) is 22.3 Å². The second kappa shape index (κ2) is 11.0. The van der Waals surface area contributed by atoms with E-state index in [1.807, 2.05) is 58.9 Å². The molecule has 0 spiro atoms. The van der Waals surface area contributed by atoms with Crippen LogP contribution in [0, 0.1) is 5.82 Å². The zero-order valence-corrected chi connectivity index (χ0v) is 21.4. The normalized spacial score (nSPS) is 16.0. The SMILES string of the molecule is CN(C)C/C=C/C(=O)N1CCC[C@H](n2nc(-c3ccc(Oc4ccc(F)cc4)cc3)c3c(N)ncnc32)C1. The zero-order chi connectivity index (χ0) is 26.6. The number of carbonyl (C=O) groups is 1. The summed E-state index contributed by atoms with van der Waals surface area (Å²) >= 11 is 0. The molecule has 4 aromatic rings.